The second-order valence-corrected chi connectivity index (χ2v) is 6.62. The predicted octanol–water partition coefficient (Wildman–Crippen LogP) is 4.35. The number of nitrogens with zero attached hydrogens (tertiary/aromatic N) is 1. The van der Waals surface area contributed by atoms with Gasteiger partial charge in [0.1, 0.15) is 0 Å². The molecule has 0 atom stereocenters. The van der Waals surface area contributed by atoms with E-state index in [2.05, 4.69) is 24.8 Å². The molecule has 1 N–H and O–H groups in total. The van der Waals surface area contributed by atoms with Crippen molar-refractivity contribution >= 4 is 10.1 Å². The average Bonchev–Trinajstić information content (AvgIpc) is 2.40. The van der Waals surface area contributed by atoms with Gasteiger partial charge >= 0.3 is 15.6 Å². The number of piperidine rings is 1. The average molecular weight is 345 g/mol. The fourth-order valence-corrected chi connectivity index (χ4v) is 2.14. The third kappa shape index (κ3) is 8.63. The van der Waals surface area contributed by atoms with Crippen LogP contribution in [-0.2, 0) is 10.1 Å². The molecule has 1 saturated heterocycles. The van der Waals surface area contributed by atoms with Gasteiger partial charge < -0.3 is 4.90 Å². The third-order valence-corrected chi connectivity index (χ3v) is 3.83. The lowest BCUT2D eigenvalue weighted by Gasteiger charge is -2.31. The Bertz CT molecular complexity index is 431. The van der Waals surface area contributed by atoms with Crippen LogP contribution in [0.2, 0.25) is 0 Å². The Morgan fingerprint density at radius 2 is 1.82 bits per heavy atom. The van der Waals surface area contributed by atoms with Crippen LogP contribution in [-0.4, -0.2) is 36.5 Å². The van der Waals surface area contributed by atoms with Crippen LogP contribution in [0.1, 0.15) is 58.8 Å². The zero-order valence-electron chi connectivity index (χ0n) is 13.2. The molecule has 0 spiro atoms. The fourth-order valence-electron chi connectivity index (χ4n) is 2.14. The zero-order chi connectivity index (χ0) is 17.2. The van der Waals surface area contributed by atoms with Gasteiger partial charge in [0.05, 0.1) is 0 Å². The van der Waals surface area contributed by atoms with Gasteiger partial charge in [0, 0.05) is 18.8 Å². The van der Waals surface area contributed by atoms with E-state index in [4.69, 9.17) is 13.0 Å². The molecule has 0 bridgehead atoms. The van der Waals surface area contributed by atoms with Crippen molar-refractivity contribution in [1.29, 1.82) is 0 Å². The molecule has 1 aliphatic rings. The quantitative estimate of drug-likeness (QED) is 0.457. The zero-order valence-corrected chi connectivity index (χ0v) is 14.0. The normalized spacial score (nSPS) is 18.1. The Hall–Kier alpha value is -0.760. The fraction of sp³-hybridized carbons (Fsp3) is 0.857. The maximum atomic E-state index is 10.7. The number of allylic oxidation sites excluding steroid dienone is 2. The van der Waals surface area contributed by atoms with E-state index in [1.165, 1.54) is 58.0 Å². The Kier molecular flexibility index (Phi) is 9.75. The molecule has 1 rings (SSSR count). The molecule has 132 valence electrons. The summed E-state index contributed by atoms with van der Waals surface area (Å²) in [6.07, 6.45) is 11.8. The number of unbranched alkanes of at least 4 members (excludes halogenated alkanes) is 2. The molecule has 1 heterocycles. The Labute approximate surface area is 131 Å². The van der Waals surface area contributed by atoms with E-state index in [0.717, 1.165) is 0 Å². The van der Waals surface area contributed by atoms with Crippen LogP contribution in [0.15, 0.2) is 11.8 Å². The van der Waals surface area contributed by atoms with Gasteiger partial charge in [0.25, 0.3) is 0 Å². The van der Waals surface area contributed by atoms with Crippen molar-refractivity contribution in [3.63, 3.8) is 0 Å². The van der Waals surface area contributed by atoms with Gasteiger partial charge in [-0.05, 0) is 32.1 Å². The SMILES string of the molecule is CCCCC=C1CCCCN1CCC.O=S(=O)(O)C(F)(F)F. The Balaban J connectivity index is 0.000000472. The summed E-state index contributed by atoms with van der Waals surface area (Å²) in [5.74, 6) is 0. The van der Waals surface area contributed by atoms with Gasteiger partial charge in [-0.15, -0.1) is 0 Å². The molecule has 22 heavy (non-hydrogen) atoms. The first-order valence-corrected chi connectivity index (χ1v) is 9.05. The summed E-state index contributed by atoms with van der Waals surface area (Å²) in [4.78, 5) is 2.60. The van der Waals surface area contributed by atoms with E-state index in [-0.39, 0.29) is 0 Å². The Morgan fingerprint density at radius 3 is 2.27 bits per heavy atom. The number of rotatable bonds is 5. The largest absolute Gasteiger partial charge is 0.522 e. The molecule has 0 aromatic heterocycles. The highest BCUT2D eigenvalue weighted by atomic mass is 32.2. The number of hydrogen-bond acceptors (Lipinski definition) is 3. The lowest BCUT2D eigenvalue weighted by atomic mass is 10.1. The first-order chi connectivity index (χ1) is 10.1. The van der Waals surface area contributed by atoms with Crippen molar-refractivity contribution < 1.29 is 26.1 Å². The highest BCUT2D eigenvalue weighted by Gasteiger charge is 2.44. The van der Waals surface area contributed by atoms with Crippen molar-refractivity contribution in [2.24, 2.45) is 0 Å². The predicted molar refractivity (Wildman–Crippen MR) is 80.9 cm³/mol. The molecule has 0 unspecified atom stereocenters. The van der Waals surface area contributed by atoms with Gasteiger partial charge in [-0.25, -0.2) is 0 Å². The summed E-state index contributed by atoms with van der Waals surface area (Å²) in [5, 5.41) is 0. The second kappa shape index (κ2) is 10.1. The molecule has 1 fully saturated rings. The Morgan fingerprint density at radius 1 is 1.23 bits per heavy atom. The number of likely N-dealkylation sites (tertiary alicyclic amines) is 1. The summed E-state index contributed by atoms with van der Waals surface area (Å²) < 4.78 is 57.5. The molecule has 0 amide bonds. The maximum Gasteiger partial charge on any atom is 0.522 e. The standard InChI is InChI=1S/C13H25N.CHF3O3S/c1-3-5-6-9-13-10-7-8-12-14(13)11-4-2;2-1(3,4)8(5,6)7/h9H,3-8,10-12H2,1-2H3;(H,5,6,7). The van der Waals surface area contributed by atoms with Gasteiger partial charge in [-0.1, -0.05) is 32.8 Å². The lowest BCUT2D eigenvalue weighted by Crippen LogP contribution is -2.28. The smallest absolute Gasteiger partial charge is 0.375 e. The lowest BCUT2D eigenvalue weighted by molar-refractivity contribution is -0.0510. The molecule has 0 aromatic carbocycles. The van der Waals surface area contributed by atoms with Crippen LogP contribution in [0.5, 0.6) is 0 Å². The van der Waals surface area contributed by atoms with Gasteiger partial charge in [-0.2, -0.15) is 21.6 Å². The number of hydrogen-bond donors (Lipinski definition) is 1. The van der Waals surface area contributed by atoms with E-state index in [0.29, 0.717) is 0 Å². The van der Waals surface area contributed by atoms with Crippen LogP contribution in [0, 0.1) is 0 Å². The van der Waals surface area contributed by atoms with Crippen molar-refractivity contribution in [2.45, 2.75) is 64.3 Å². The molecule has 0 radical (unpaired) electrons. The molecule has 4 nitrogen and oxygen atoms in total. The summed E-state index contributed by atoms with van der Waals surface area (Å²) in [7, 11) is -5.84. The number of alkyl halides is 3. The molecule has 0 aliphatic carbocycles. The van der Waals surface area contributed by atoms with E-state index in [1.807, 2.05) is 0 Å². The van der Waals surface area contributed by atoms with Crippen molar-refractivity contribution in [1.82, 2.24) is 4.90 Å². The summed E-state index contributed by atoms with van der Waals surface area (Å²) >= 11 is 0. The highest BCUT2D eigenvalue weighted by Crippen LogP contribution is 2.21. The first-order valence-electron chi connectivity index (χ1n) is 7.61. The molecule has 0 aromatic rings. The minimum absolute atomic E-state index is 1.26. The van der Waals surface area contributed by atoms with Crippen molar-refractivity contribution in [3.8, 4) is 0 Å². The van der Waals surface area contributed by atoms with Crippen LogP contribution < -0.4 is 0 Å². The van der Waals surface area contributed by atoms with E-state index >= 15 is 0 Å². The third-order valence-electron chi connectivity index (χ3n) is 3.24. The topological polar surface area (TPSA) is 57.6 Å². The number of halogens is 3. The first kappa shape index (κ1) is 21.2. The van der Waals surface area contributed by atoms with E-state index < -0.39 is 15.6 Å². The molecular formula is C14H26F3NO3S. The minimum atomic E-state index is -5.84. The van der Waals surface area contributed by atoms with Crippen LogP contribution in [0.25, 0.3) is 0 Å². The van der Waals surface area contributed by atoms with Crippen molar-refractivity contribution in [3.05, 3.63) is 11.8 Å². The maximum absolute atomic E-state index is 10.7. The van der Waals surface area contributed by atoms with Gasteiger partial charge in [-0.3, -0.25) is 4.55 Å². The summed E-state index contributed by atoms with van der Waals surface area (Å²) in [6.45, 7) is 7.10. The minimum Gasteiger partial charge on any atom is -0.375 e. The van der Waals surface area contributed by atoms with Crippen LogP contribution in [0.3, 0.4) is 0 Å². The van der Waals surface area contributed by atoms with E-state index in [1.54, 1.807) is 5.70 Å². The van der Waals surface area contributed by atoms with E-state index in [9.17, 15) is 13.2 Å². The molecule has 8 heteroatoms. The van der Waals surface area contributed by atoms with Gasteiger partial charge in [0.2, 0.25) is 0 Å². The molecule has 1 aliphatic heterocycles. The summed E-state index contributed by atoms with van der Waals surface area (Å²) in [6, 6.07) is 0. The monoisotopic (exact) mass is 345 g/mol. The van der Waals surface area contributed by atoms with Crippen molar-refractivity contribution in [2.75, 3.05) is 13.1 Å². The van der Waals surface area contributed by atoms with Gasteiger partial charge in [0.15, 0.2) is 0 Å². The van der Waals surface area contributed by atoms with Crippen LogP contribution in [0.4, 0.5) is 13.2 Å². The highest BCUT2D eigenvalue weighted by molar-refractivity contribution is 7.86. The summed E-state index contributed by atoms with van der Waals surface area (Å²) in [5.41, 5.74) is -3.90. The van der Waals surface area contributed by atoms with Crippen LogP contribution >= 0.6 is 0 Å². The molecular weight excluding hydrogens is 319 g/mol. The molecule has 0 saturated carbocycles. The second-order valence-electron chi connectivity index (χ2n) is 5.20.